The van der Waals surface area contributed by atoms with Gasteiger partial charge in [-0.2, -0.15) is 0 Å². The molecule has 1 aromatic rings. The van der Waals surface area contributed by atoms with Gasteiger partial charge in [-0.1, -0.05) is 32.0 Å². The highest BCUT2D eigenvalue weighted by Crippen LogP contribution is 2.19. The normalized spacial score (nSPS) is 11.6. The van der Waals surface area contributed by atoms with Gasteiger partial charge in [0.25, 0.3) is 0 Å². The summed E-state index contributed by atoms with van der Waals surface area (Å²) in [5.74, 6) is 0.392. The Bertz CT molecular complexity index is 344. The van der Waals surface area contributed by atoms with Gasteiger partial charge in [0.05, 0.1) is 5.56 Å². The summed E-state index contributed by atoms with van der Waals surface area (Å²) in [6.45, 7) is 8.50. The number of hydrogen-bond donors (Lipinski definition) is 0. The van der Waals surface area contributed by atoms with Gasteiger partial charge in [0.2, 0.25) is 8.32 Å². The average molecular weight is 236 g/mol. The standard InChI is InChI=1S/C13H20O2Si/c1-11(2)10-16(3,4)15-13(14)12-8-6-5-7-9-12/h5-9,11H,10H2,1-4H3. The summed E-state index contributed by atoms with van der Waals surface area (Å²) in [7, 11) is -1.86. The number of benzene rings is 1. The van der Waals surface area contributed by atoms with E-state index in [4.69, 9.17) is 4.43 Å². The summed E-state index contributed by atoms with van der Waals surface area (Å²) in [6, 6.07) is 10.2. The van der Waals surface area contributed by atoms with Crippen molar-refractivity contribution in [1.82, 2.24) is 0 Å². The van der Waals surface area contributed by atoms with Crippen LogP contribution in [0.3, 0.4) is 0 Å². The monoisotopic (exact) mass is 236 g/mol. The van der Waals surface area contributed by atoms with E-state index in [1.165, 1.54) is 0 Å². The van der Waals surface area contributed by atoms with Crippen molar-refractivity contribution in [3.63, 3.8) is 0 Å². The largest absolute Gasteiger partial charge is 0.516 e. The second-order valence-electron chi connectivity index (χ2n) is 5.11. The van der Waals surface area contributed by atoms with Crippen molar-refractivity contribution in [2.75, 3.05) is 0 Å². The van der Waals surface area contributed by atoms with Gasteiger partial charge in [0.1, 0.15) is 0 Å². The number of carbonyl (C=O) groups is 1. The number of hydrogen-bond acceptors (Lipinski definition) is 2. The third-order valence-corrected chi connectivity index (χ3v) is 4.82. The molecule has 1 rings (SSSR count). The van der Waals surface area contributed by atoms with E-state index >= 15 is 0 Å². The molecule has 0 unspecified atom stereocenters. The molecule has 0 radical (unpaired) electrons. The summed E-state index contributed by atoms with van der Waals surface area (Å²) < 4.78 is 5.63. The van der Waals surface area contributed by atoms with E-state index in [-0.39, 0.29) is 5.97 Å². The molecule has 0 saturated heterocycles. The lowest BCUT2D eigenvalue weighted by Crippen LogP contribution is -2.34. The van der Waals surface area contributed by atoms with Crippen LogP contribution in [-0.4, -0.2) is 14.3 Å². The topological polar surface area (TPSA) is 26.3 Å². The zero-order valence-electron chi connectivity index (χ0n) is 10.5. The number of carbonyl (C=O) groups excluding carboxylic acids is 1. The van der Waals surface area contributed by atoms with Gasteiger partial charge in [0.15, 0.2) is 0 Å². The van der Waals surface area contributed by atoms with Gasteiger partial charge in [-0.3, -0.25) is 0 Å². The molecule has 0 bridgehead atoms. The first-order chi connectivity index (χ1) is 7.41. The molecular formula is C13H20O2Si. The molecule has 0 aromatic heterocycles. The second-order valence-corrected chi connectivity index (χ2v) is 9.24. The first-order valence-corrected chi connectivity index (χ1v) is 8.80. The zero-order valence-corrected chi connectivity index (χ0v) is 11.5. The van der Waals surface area contributed by atoms with E-state index in [1.807, 2.05) is 18.2 Å². The molecule has 0 amide bonds. The van der Waals surface area contributed by atoms with E-state index in [0.29, 0.717) is 11.5 Å². The van der Waals surface area contributed by atoms with Crippen LogP contribution in [0.1, 0.15) is 24.2 Å². The highest BCUT2D eigenvalue weighted by atomic mass is 28.4. The van der Waals surface area contributed by atoms with Gasteiger partial charge in [-0.05, 0) is 37.2 Å². The van der Waals surface area contributed by atoms with Crippen molar-refractivity contribution >= 4 is 14.3 Å². The molecule has 1 aromatic carbocycles. The van der Waals surface area contributed by atoms with Crippen molar-refractivity contribution in [2.24, 2.45) is 5.92 Å². The fraction of sp³-hybridized carbons (Fsp3) is 0.462. The minimum Gasteiger partial charge on any atom is -0.516 e. The molecule has 0 heterocycles. The van der Waals surface area contributed by atoms with E-state index in [9.17, 15) is 4.79 Å². The maximum atomic E-state index is 11.9. The zero-order chi connectivity index (χ0) is 12.2. The Morgan fingerprint density at radius 3 is 2.31 bits per heavy atom. The quantitative estimate of drug-likeness (QED) is 0.745. The van der Waals surface area contributed by atoms with Gasteiger partial charge < -0.3 is 4.43 Å². The SMILES string of the molecule is CC(C)C[Si](C)(C)OC(=O)c1ccccc1. The van der Waals surface area contributed by atoms with Gasteiger partial charge in [-0.25, -0.2) is 4.79 Å². The predicted molar refractivity (Wildman–Crippen MR) is 69.0 cm³/mol. The van der Waals surface area contributed by atoms with Crippen LogP contribution in [0.5, 0.6) is 0 Å². The Balaban J connectivity index is 2.64. The fourth-order valence-corrected chi connectivity index (χ4v) is 4.58. The first-order valence-electron chi connectivity index (χ1n) is 5.69. The average Bonchev–Trinajstić information content (AvgIpc) is 2.16. The lowest BCUT2D eigenvalue weighted by molar-refractivity contribution is 0.0721. The molecular weight excluding hydrogens is 216 g/mol. The van der Waals surface area contributed by atoms with Crippen LogP contribution in [-0.2, 0) is 4.43 Å². The molecule has 0 spiro atoms. The van der Waals surface area contributed by atoms with E-state index in [1.54, 1.807) is 12.1 Å². The Morgan fingerprint density at radius 1 is 1.25 bits per heavy atom. The Hall–Kier alpha value is -1.09. The molecule has 2 nitrogen and oxygen atoms in total. The minimum absolute atomic E-state index is 0.182. The maximum absolute atomic E-state index is 11.9. The van der Waals surface area contributed by atoms with Gasteiger partial charge >= 0.3 is 5.97 Å². The number of rotatable bonds is 4. The van der Waals surface area contributed by atoms with Crippen molar-refractivity contribution in [3.05, 3.63) is 35.9 Å². The molecule has 0 aliphatic heterocycles. The van der Waals surface area contributed by atoms with Crippen molar-refractivity contribution in [2.45, 2.75) is 33.0 Å². The molecule has 88 valence electrons. The Labute approximate surface area is 98.8 Å². The third-order valence-electron chi connectivity index (χ3n) is 2.28. The highest BCUT2D eigenvalue weighted by molar-refractivity contribution is 6.72. The fourth-order valence-electron chi connectivity index (χ4n) is 1.91. The minimum atomic E-state index is -1.86. The molecule has 3 heteroatoms. The lowest BCUT2D eigenvalue weighted by atomic mass is 10.2. The van der Waals surface area contributed by atoms with E-state index in [2.05, 4.69) is 26.9 Å². The summed E-state index contributed by atoms with van der Waals surface area (Å²) >= 11 is 0. The smallest absolute Gasteiger partial charge is 0.324 e. The Kier molecular flexibility index (Phi) is 4.30. The van der Waals surface area contributed by atoms with Crippen molar-refractivity contribution < 1.29 is 9.22 Å². The molecule has 0 aliphatic rings. The molecule has 16 heavy (non-hydrogen) atoms. The van der Waals surface area contributed by atoms with E-state index < -0.39 is 8.32 Å². The van der Waals surface area contributed by atoms with Crippen LogP contribution in [0, 0.1) is 5.92 Å². The van der Waals surface area contributed by atoms with E-state index in [0.717, 1.165) is 6.04 Å². The Morgan fingerprint density at radius 2 is 1.81 bits per heavy atom. The van der Waals surface area contributed by atoms with Gasteiger partial charge in [-0.15, -0.1) is 0 Å². The summed E-state index contributed by atoms with van der Waals surface area (Å²) in [4.78, 5) is 11.9. The first kappa shape index (κ1) is 13.0. The van der Waals surface area contributed by atoms with Crippen LogP contribution >= 0.6 is 0 Å². The van der Waals surface area contributed by atoms with Crippen LogP contribution in [0.4, 0.5) is 0 Å². The predicted octanol–water partition coefficient (Wildman–Crippen LogP) is 3.70. The maximum Gasteiger partial charge on any atom is 0.324 e. The molecule has 0 atom stereocenters. The summed E-state index contributed by atoms with van der Waals surface area (Å²) in [5, 5.41) is 0. The van der Waals surface area contributed by atoms with Crippen LogP contribution in [0.15, 0.2) is 30.3 Å². The molecule has 0 N–H and O–H groups in total. The van der Waals surface area contributed by atoms with Crippen molar-refractivity contribution in [3.8, 4) is 0 Å². The highest BCUT2D eigenvalue weighted by Gasteiger charge is 2.28. The molecule has 0 aliphatic carbocycles. The summed E-state index contributed by atoms with van der Waals surface area (Å²) in [5.41, 5.74) is 0.645. The third kappa shape index (κ3) is 4.19. The van der Waals surface area contributed by atoms with Gasteiger partial charge in [0, 0.05) is 0 Å². The second kappa shape index (κ2) is 5.30. The summed E-state index contributed by atoms with van der Waals surface area (Å²) in [6.07, 6.45) is 0. The van der Waals surface area contributed by atoms with Crippen LogP contribution in [0.2, 0.25) is 19.1 Å². The molecule has 0 fully saturated rings. The molecule has 0 saturated carbocycles. The van der Waals surface area contributed by atoms with Crippen LogP contribution in [0.25, 0.3) is 0 Å². The van der Waals surface area contributed by atoms with Crippen molar-refractivity contribution in [1.29, 1.82) is 0 Å². The lowest BCUT2D eigenvalue weighted by Gasteiger charge is -2.24. The van der Waals surface area contributed by atoms with Crippen LogP contribution < -0.4 is 0 Å².